The van der Waals surface area contributed by atoms with Crippen LogP contribution in [0.5, 0.6) is 0 Å². The van der Waals surface area contributed by atoms with Crippen LogP contribution in [0.15, 0.2) is 30.3 Å². The number of non-ortho nitro benzene ring substituents is 2. The second kappa shape index (κ2) is 5.37. The lowest BCUT2D eigenvalue weighted by atomic mass is 9.79. The smallest absolute Gasteiger partial charge is 0.284 e. The van der Waals surface area contributed by atoms with Crippen molar-refractivity contribution in [3.05, 3.63) is 71.8 Å². The Morgan fingerprint density at radius 3 is 1.96 bits per heavy atom. The normalized spacial score (nSPS) is 14.3. The molecule has 132 valence electrons. The standard InChI is InChI=1S/C14H7N3O9/c18-13-9-3-6(15(21)22)1-2-8(9)12-10(14(13,19)20)4-7(16(23)24)5-11(12)17(25)26/h1-5,19-20H. The van der Waals surface area contributed by atoms with Gasteiger partial charge in [-0.15, -0.1) is 0 Å². The molecule has 0 saturated carbocycles. The molecule has 0 bridgehead atoms. The van der Waals surface area contributed by atoms with Crippen LogP contribution in [0, 0.1) is 30.3 Å². The summed E-state index contributed by atoms with van der Waals surface area (Å²) in [5.74, 6) is -4.72. The first-order valence-electron chi connectivity index (χ1n) is 6.81. The molecule has 0 atom stereocenters. The highest BCUT2D eigenvalue weighted by molar-refractivity contribution is 6.12. The Morgan fingerprint density at radius 1 is 0.808 bits per heavy atom. The highest BCUT2D eigenvalue weighted by Gasteiger charge is 2.48. The van der Waals surface area contributed by atoms with Crippen molar-refractivity contribution in [2.45, 2.75) is 5.79 Å². The molecule has 0 saturated heterocycles. The van der Waals surface area contributed by atoms with Gasteiger partial charge in [0.2, 0.25) is 5.78 Å². The van der Waals surface area contributed by atoms with Crippen LogP contribution < -0.4 is 0 Å². The largest absolute Gasteiger partial charge is 0.356 e. The van der Waals surface area contributed by atoms with E-state index in [4.69, 9.17) is 0 Å². The van der Waals surface area contributed by atoms with Crippen LogP contribution in [0.2, 0.25) is 0 Å². The number of carbonyl (C=O) groups is 1. The van der Waals surface area contributed by atoms with E-state index in [1.807, 2.05) is 0 Å². The first-order valence-corrected chi connectivity index (χ1v) is 6.81. The van der Waals surface area contributed by atoms with E-state index in [0.29, 0.717) is 12.1 Å². The van der Waals surface area contributed by atoms with Crippen molar-refractivity contribution in [2.24, 2.45) is 0 Å². The number of nitro groups is 3. The summed E-state index contributed by atoms with van der Waals surface area (Å²) in [7, 11) is 0. The Labute approximate surface area is 142 Å². The van der Waals surface area contributed by atoms with Gasteiger partial charge in [0.05, 0.1) is 26.4 Å². The van der Waals surface area contributed by atoms with Crippen LogP contribution in [0.25, 0.3) is 11.1 Å². The van der Waals surface area contributed by atoms with Crippen molar-refractivity contribution in [2.75, 3.05) is 0 Å². The third kappa shape index (κ3) is 2.28. The van der Waals surface area contributed by atoms with Crippen LogP contribution in [-0.2, 0) is 5.79 Å². The van der Waals surface area contributed by atoms with Crippen molar-refractivity contribution in [1.29, 1.82) is 0 Å². The molecule has 0 radical (unpaired) electrons. The van der Waals surface area contributed by atoms with Crippen LogP contribution in [0.4, 0.5) is 17.1 Å². The number of Topliss-reactive ketones (excluding diaryl/α,β-unsaturated/α-hetero) is 1. The molecule has 0 spiro atoms. The van der Waals surface area contributed by atoms with E-state index in [1.165, 1.54) is 0 Å². The zero-order valence-electron chi connectivity index (χ0n) is 12.5. The summed E-state index contributed by atoms with van der Waals surface area (Å²) >= 11 is 0. The average molecular weight is 361 g/mol. The summed E-state index contributed by atoms with van der Waals surface area (Å²) in [6.07, 6.45) is 0. The zero-order valence-corrected chi connectivity index (χ0v) is 12.5. The van der Waals surface area contributed by atoms with Gasteiger partial charge in [0, 0.05) is 34.9 Å². The molecule has 12 heteroatoms. The first-order chi connectivity index (χ1) is 12.1. The van der Waals surface area contributed by atoms with E-state index in [9.17, 15) is 45.4 Å². The summed E-state index contributed by atoms with van der Waals surface area (Å²) in [4.78, 5) is 42.8. The Morgan fingerprint density at radius 2 is 1.42 bits per heavy atom. The van der Waals surface area contributed by atoms with Crippen LogP contribution in [-0.4, -0.2) is 30.8 Å². The van der Waals surface area contributed by atoms with E-state index >= 15 is 0 Å². The Bertz CT molecular complexity index is 1030. The molecule has 12 nitrogen and oxygen atoms in total. The lowest BCUT2D eigenvalue weighted by Crippen LogP contribution is -2.39. The third-order valence-corrected chi connectivity index (χ3v) is 3.93. The van der Waals surface area contributed by atoms with Gasteiger partial charge < -0.3 is 10.2 Å². The molecule has 1 aliphatic carbocycles. The Balaban J connectivity index is 2.47. The van der Waals surface area contributed by atoms with E-state index in [1.54, 1.807) is 0 Å². The lowest BCUT2D eigenvalue weighted by molar-refractivity contribution is -0.394. The summed E-state index contributed by atoms with van der Waals surface area (Å²) in [6, 6.07) is 4.02. The maximum atomic E-state index is 12.4. The molecule has 3 rings (SSSR count). The van der Waals surface area contributed by atoms with Crippen molar-refractivity contribution < 1.29 is 29.8 Å². The Kier molecular flexibility index (Phi) is 3.52. The summed E-state index contributed by atoms with van der Waals surface area (Å²) in [5, 5.41) is 53.6. The van der Waals surface area contributed by atoms with Crippen LogP contribution in [0.3, 0.4) is 0 Å². The second-order valence-corrected chi connectivity index (χ2v) is 5.39. The van der Waals surface area contributed by atoms with Crippen molar-refractivity contribution >= 4 is 22.8 Å². The van der Waals surface area contributed by atoms with Gasteiger partial charge in [0.15, 0.2) is 0 Å². The minimum atomic E-state index is -3.33. The summed E-state index contributed by atoms with van der Waals surface area (Å²) in [5.41, 5.74) is -4.07. The van der Waals surface area contributed by atoms with E-state index in [2.05, 4.69) is 0 Å². The number of hydrogen-bond donors (Lipinski definition) is 2. The molecule has 2 aromatic carbocycles. The molecular formula is C14H7N3O9. The monoisotopic (exact) mass is 361 g/mol. The van der Waals surface area contributed by atoms with Gasteiger partial charge >= 0.3 is 0 Å². The average Bonchev–Trinajstić information content (AvgIpc) is 2.58. The van der Waals surface area contributed by atoms with Gasteiger partial charge in [0.25, 0.3) is 22.8 Å². The molecule has 0 aliphatic heterocycles. The minimum Gasteiger partial charge on any atom is -0.356 e. The highest BCUT2D eigenvalue weighted by Crippen LogP contribution is 2.47. The number of aliphatic hydroxyl groups is 2. The lowest BCUT2D eigenvalue weighted by Gasteiger charge is -2.28. The Hall–Kier alpha value is -3.77. The number of nitrogens with zero attached hydrogens (tertiary/aromatic N) is 3. The molecule has 1 aliphatic rings. The van der Waals surface area contributed by atoms with Gasteiger partial charge in [-0.3, -0.25) is 35.1 Å². The van der Waals surface area contributed by atoms with Gasteiger partial charge in [-0.2, -0.15) is 0 Å². The fourth-order valence-corrected chi connectivity index (χ4v) is 2.78. The quantitative estimate of drug-likeness (QED) is 0.462. The number of carbonyl (C=O) groups excluding carboxylic acids is 1. The van der Waals surface area contributed by atoms with Crippen LogP contribution >= 0.6 is 0 Å². The van der Waals surface area contributed by atoms with E-state index < -0.39 is 60.1 Å². The minimum absolute atomic E-state index is 0.170. The topological polar surface area (TPSA) is 187 Å². The molecule has 0 amide bonds. The van der Waals surface area contributed by atoms with Gasteiger partial charge in [-0.25, -0.2) is 0 Å². The summed E-state index contributed by atoms with van der Waals surface area (Å²) in [6.45, 7) is 0. The predicted octanol–water partition coefficient (Wildman–Crippen LogP) is 1.41. The van der Waals surface area contributed by atoms with E-state index in [-0.39, 0.29) is 5.56 Å². The number of fused-ring (bicyclic) bond motifs is 3. The number of benzene rings is 2. The summed E-state index contributed by atoms with van der Waals surface area (Å²) < 4.78 is 0. The molecule has 2 N–H and O–H groups in total. The predicted molar refractivity (Wildman–Crippen MR) is 82.3 cm³/mol. The van der Waals surface area contributed by atoms with E-state index in [0.717, 1.165) is 18.2 Å². The number of nitro benzene ring substituents is 3. The first kappa shape index (κ1) is 17.1. The molecule has 0 fully saturated rings. The van der Waals surface area contributed by atoms with Crippen molar-refractivity contribution in [1.82, 2.24) is 0 Å². The number of hydrogen-bond acceptors (Lipinski definition) is 9. The maximum absolute atomic E-state index is 12.4. The molecule has 26 heavy (non-hydrogen) atoms. The number of rotatable bonds is 3. The molecule has 0 unspecified atom stereocenters. The molecule has 2 aromatic rings. The maximum Gasteiger partial charge on any atom is 0.284 e. The van der Waals surface area contributed by atoms with Crippen molar-refractivity contribution in [3.8, 4) is 11.1 Å². The van der Waals surface area contributed by atoms with Crippen molar-refractivity contribution in [3.63, 3.8) is 0 Å². The molecular weight excluding hydrogens is 354 g/mol. The third-order valence-electron chi connectivity index (χ3n) is 3.93. The van der Waals surface area contributed by atoms with Crippen LogP contribution in [0.1, 0.15) is 15.9 Å². The SMILES string of the molecule is O=C1c2cc([N+](=O)[O-])ccc2-c2c([N+](=O)[O-])cc([N+](=O)[O-])cc2C1(O)O. The van der Waals surface area contributed by atoms with Gasteiger partial charge in [-0.05, 0) is 6.07 Å². The fraction of sp³-hybridized carbons (Fsp3) is 0.0714. The molecule has 0 aromatic heterocycles. The van der Waals surface area contributed by atoms with Gasteiger partial charge in [0.1, 0.15) is 0 Å². The van der Waals surface area contributed by atoms with Gasteiger partial charge in [-0.1, -0.05) is 0 Å². The fourth-order valence-electron chi connectivity index (χ4n) is 2.78. The second-order valence-electron chi connectivity index (χ2n) is 5.39. The molecule has 0 heterocycles. The zero-order chi connectivity index (χ0) is 19.4. The number of ketones is 1. The highest BCUT2D eigenvalue weighted by atomic mass is 16.6.